The lowest BCUT2D eigenvalue weighted by atomic mass is 9.97. The molecule has 1 atom stereocenters. The topological polar surface area (TPSA) is 72.2 Å². The van der Waals surface area contributed by atoms with E-state index in [-0.39, 0.29) is 29.0 Å². The Morgan fingerprint density at radius 3 is 2.39 bits per heavy atom. The molecule has 1 N–H and O–H groups in total. The van der Waals surface area contributed by atoms with Gasteiger partial charge in [0.05, 0.1) is 11.0 Å². The minimum absolute atomic E-state index is 0.0303. The van der Waals surface area contributed by atoms with Gasteiger partial charge in [-0.3, -0.25) is 14.9 Å². The quantitative estimate of drug-likeness (QED) is 0.251. The second kappa shape index (κ2) is 8.99. The largest absolute Gasteiger partial charge is 0.378 e. The van der Waals surface area contributed by atoms with Crippen LogP contribution >= 0.6 is 27.5 Å². The smallest absolute Gasteiger partial charge is 0.289 e. The van der Waals surface area contributed by atoms with Crippen molar-refractivity contribution in [1.82, 2.24) is 0 Å². The highest BCUT2D eigenvalue weighted by Gasteiger charge is 2.19. The Kier molecular flexibility index (Phi) is 6.44. The van der Waals surface area contributed by atoms with Crippen LogP contribution in [0.3, 0.4) is 0 Å². The zero-order chi connectivity index (χ0) is 20.1. The second-order valence-electron chi connectivity index (χ2n) is 6.17. The Balaban J connectivity index is 1.88. The predicted octanol–water partition coefficient (Wildman–Crippen LogP) is 6.44. The molecule has 0 aromatic heterocycles. The zero-order valence-electron chi connectivity index (χ0n) is 14.6. The molecule has 0 fully saturated rings. The Labute approximate surface area is 175 Å². The molecular weight excluding hydrogens is 444 g/mol. The molecule has 0 aliphatic carbocycles. The molecule has 142 valence electrons. The number of benzene rings is 3. The minimum atomic E-state index is -0.530. The van der Waals surface area contributed by atoms with Crippen molar-refractivity contribution in [1.29, 1.82) is 0 Å². The first kappa shape index (κ1) is 20.0. The number of ketones is 1. The molecule has 0 aliphatic rings. The van der Waals surface area contributed by atoms with E-state index in [0.717, 1.165) is 10.0 Å². The number of Topliss-reactive ketones (excluding diaryl/α,β-unsaturated/α-hetero) is 1. The molecule has 0 saturated carbocycles. The number of nitrogens with one attached hydrogen (secondary N) is 1. The highest BCUT2D eigenvalue weighted by molar-refractivity contribution is 9.10. The van der Waals surface area contributed by atoms with Gasteiger partial charge in [-0.1, -0.05) is 70.0 Å². The fraction of sp³-hybridized carbons (Fsp3) is 0.0952. The van der Waals surface area contributed by atoms with E-state index in [1.165, 1.54) is 12.1 Å². The monoisotopic (exact) mass is 458 g/mol. The van der Waals surface area contributed by atoms with Gasteiger partial charge in [0.1, 0.15) is 5.02 Å². The molecule has 0 heterocycles. The van der Waals surface area contributed by atoms with Crippen molar-refractivity contribution in [2.24, 2.45) is 0 Å². The maximum Gasteiger partial charge on any atom is 0.289 e. The number of nitro groups is 1. The summed E-state index contributed by atoms with van der Waals surface area (Å²) in [5, 5.41) is 14.5. The standard InChI is InChI=1S/C21H16BrClN2O3/c22-16-8-6-15(7-9-16)21(26)13-19(14-4-2-1-3-5-14)24-17-10-11-18(23)20(12-17)25(27)28/h1-12,19,24H,13H2. The number of hydrogen-bond acceptors (Lipinski definition) is 4. The van der Waals surface area contributed by atoms with E-state index in [9.17, 15) is 14.9 Å². The summed E-state index contributed by atoms with van der Waals surface area (Å²) in [5.41, 5.74) is 1.85. The highest BCUT2D eigenvalue weighted by atomic mass is 79.9. The van der Waals surface area contributed by atoms with Crippen molar-refractivity contribution in [3.8, 4) is 0 Å². The van der Waals surface area contributed by atoms with Crippen LogP contribution in [0.4, 0.5) is 11.4 Å². The number of halogens is 2. The average Bonchev–Trinajstić information content (AvgIpc) is 2.69. The molecule has 1 unspecified atom stereocenters. The molecule has 0 bridgehead atoms. The van der Waals surface area contributed by atoms with Crippen LogP contribution in [0.5, 0.6) is 0 Å². The first-order valence-corrected chi connectivity index (χ1v) is 9.65. The summed E-state index contributed by atoms with van der Waals surface area (Å²) >= 11 is 9.26. The molecule has 3 aromatic rings. The lowest BCUT2D eigenvalue weighted by molar-refractivity contribution is -0.384. The third-order valence-corrected chi connectivity index (χ3v) is 5.09. The van der Waals surface area contributed by atoms with Crippen molar-refractivity contribution in [2.45, 2.75) is 12.5 Å². The van der Waals surface area contributed by atoms with Crippen LogP contribution < -0.4 is 5.32 Å². The van der Waals surface area contributed by atoms with Gasteiger partial charge in [0.15, 0.2) is 5.78 Å². The maximum atomic E-state index is 12.8. The van der Waals surface area contributed by atoms with Crippen molar-refractivity contribution < 1.29 is 9.72 Å². The van der Waals surface area contributed by atoms with E-state index in [1.807, 2.05) is 42.5 Å². The van der Waals surface area contributed by atoms with E-state index in [0.29, 0.717) is 11.3 Å². The van der Waals surface area contributed by atoms with Gasteiger partial charge in [-0.25, -0.2) is 0 Å². The molecule has 28 heavy (non-hydrogen) atoms. The van der Waals surface area contributed by atoms with Gasteiger partial charge in [-0.05, 0) is 29.8 Å². The van der Waals surface area contributed by atoms with Gasteiger partial charge in [0, 0.05) is 28.2 Å². The fourth-order valence-electron chi connectivity index (χ4n) is 2.82. The maximum absolute atomic E-state index is 12.8. The molecule has 7 heteroatoms. The van der Waals surface area contributed by atoms with Crippen LogP contribution in [0.2, 0.25) is 5.02 Å². The molecule has 0 spiro atoms. The third-order valence-electron chi connectivity index (χ3n) is 4.24. The molecule has 3 rings (SSSR count). The number of nitro benzene ring substituents is 1. The summed E-state index contributed by atoms with van der Waals surface area (Å²) in [6.07, 6.45) is 0.196. The number of anilines is 1. The summed E-state index contributed by atoms with van der Waals surface area (Å²) < 4.78 is 0.898. The summed E-state index contributed by atoms with van der Waals surface area (Å²) in [5.74, 6) is -0.0303. The van der Waals surface area contributed by atoms with Crippen molar-refractivity contribution in [3.63, 3.8) is 0 Å². The van der Waals surface area contributed by atoms with Gasteiger partial charge in [-0.15, -0.1) is 0 Å². The Bertz CT molecular complexity index is 994. The van der Waals surface area contributed by atoms with Gasteiger partial charge in [0.25, 0.3) is 5.69 Å². The van der Waals surface area contributed by atoms with Crippen LogP contribution in [-0.4, -0.2) is 10.7 Å². The van der Waals surface area contributed by atoms with Crippen molar-refractivity contribution in [2.75, 3.05) is 5.32 Å². The first-order valence-electron chi connectivity index (χ1n) is 8.48. The van der Waals surface area contributed by atoms with Crippen molar-refractivity contribution >= 4 is 44.7 Å². The number of carbonyl (C=O) groups is 1. The van der Waals surface area contributed by atoms with E-state index >= 15 is 0 Å². The van der Waals surface area contributed by atoms with Gasteiger partial charge in [-0.2, -0.15) is 0 Å². The Hall–Kier alpha value is -2.70. The molecule has 3 aromatic carbocycles. The number of hydrogen-bond donors (Lipinski definition) is 1. The predicted molar refractivity (Wildman–Crippen MR) is 114 cm³/mol. The van der Waals surface area contributed by atoms with E-state index in [2.05, 4.69) is 21.2 Å². The molecule has 5 nitrogen and oxygen atoms in total. The summed E-state index contributed by atoms with van der Waals surface area (Å²) in [6.45, 7) is 0. The zero-order valence-corrected chi connectivity index (χ0v) is 17.0. The summed E-state index contributed by atoms with van der Waals surface area (Å²) in [7, 11) is 0. The molecule has 0 amide bonds. The number of carbonyl (C=O) groups excluding carboxylic acids is 1. The molecule has 0 saturated heterocycles. The SMILES string of the molecule is O=C(CC(Nc1ccc(Cl)c([N+](=O)[O-])c1)c1ccccc1)c1ccc(Br)cc1. The first-order chi connectivity index (χ1) is 13.4. The van der Waals surface area contributed by atoms with Crippen molar-refractivity contribution in [3.05, 3.63) is 104 Å². The van der Waals surface area contributed by atoms with Crippen LogP contribution in [0, 0.1) is 10.1 Å². The molecule has 0 aliphatic heterocycles. The lowest BCUT2D eigenvalue weighted by Crippen LogP contribution is -2.16. The van der Waals surface area contributed by atoms with Crippen LogP contribution in [0.15, 0.2) is 77.3 Å². The highest BCUT2D eigenvalue weighted by Crippen LogP contribution is 2.31. The Morgan fingerprint density at radius 2 is 1.75 bits per heavy atom. The molecule has 0 radical (unpaired) electrons. The van der Waals surface area contributed by atoms with Crippen LogP contribution in [0.25, 0.3) is 0 Å². The van der Waals surface area contributed by atoms with Crippen LogP contribution in [0.1, 0.15) is 28.4 Å². The van der Waals surface area contributed by atoms with Crippen LogP contribution in [-0.2, 0) is 0 Å². The summed E-state index contributed by atoms with van der Waals surface area (Å²) in [6, 6.07) is 20.8. The number of rotatable bonds is 7. The normalized spacial score (nSPS) is 11.6. The van der Waals surface area contributed by atoms with Gasteiger partial charge >= 0.3 is 0 Å². The van der Waals surface area contributed by atoms with E-state index < -0.39 is 4.92 Å². The van der Waals surface area contributed by atoms with Gasteiger partial charge < -0.3 is 5.32 Å². The van der Waals surface area contributed by atoms with Gasteiger partial charge in [0.2, 0.25) is 0 Å². The van der Waals surface area contributed by atoms with E-state index in [1.54, 1.807) is 18.2 Å². The number of nitrogens with zero attached hydrogens (tertiary/aromatic N) is 1. The van der Waals surface area contributed by atoms with E-state index in [4.69, 9.17) is 11.6 Å². The molecular formula is C21H16BrClN2O3. The lowest BCUT2D eigenvalue weighted by Gasteiger charge is -2.20. The third kappa shape index (κ3) is 4.97. The Morgan fingerprint density at radius 1 is 1.07 bits per heavy atom. The fourth-order valence-corrected chi connectivity index (χ4v) is 3.27. The summed E-state index contributed by atoms with van der Waals surface area (Å²) in [4.78, 5) is 23.4. The minimum Gasteiger partial charge on any atom is -0.378 e. The average molecular weight is 460 g/mol. The second-order valence-corrected chi connectivity index (χ2v) is 7.49.